The normalized spacial score (nSPS) is 11.1. The summed E-state index contributed by atoms with van der Waals surface area (Å²) in [5, 5.41) is 10.5. The molecule has 0 unspecified atom stereocenters. The highest BCUT2D eigenvalue weighted by molar-refractivity contribution is 7.99. The number of hydrogen-bond donors (Lipinski definition) is 1. The quantitative estimate of drug-likeness (QED) is 0.366. The predicted octanol–water partition coefficient (Wildman–Crippen LogP) is 5.04. The molecule has 0 aliphatic carbocycles. The molecule has 2 N–H and O–H groups in total. The van der Waals surface area contributed by atoms with E-state index in [1.165, 1.54) is 17.3 Å². The number of nitrogens with zero attached hydrogens (tertiary/aromatic N) is 4. The van der Waals surface area contributed by atoms with Gasteiger partial charge in [-0.2, -0.15) is 0 Å². The summed E-state index contributed by atoms with van der Waals surface area (Å²) >= 11 is 1.27. The van der Waals surface area contributed by atoms with Gasteiger partial charge in [0.15, 0.2) is 11.0 Å². The van der Waals surface area contributed by atoms with Gasteiger partial charge in [0.05, 0.1) is 17.0 Å². The van der Waals surface area contributed by atoms with Crippen LogP contribution in [0.4, 0.5) is 0 Å². The molecule has 0 radical (unpaired) electrons. The van der Waals surface area contributed by atoms with Crippen LogP contribution in [0.15, 0.2) is 90.1 Å². The Morgan fingerprint density at radius 1 is 0.939 bits per heavy atom. The molecule has 0 saturated carbocycles. The first-order chi connectivity index (χ1) is 16.1. The lowest BCUT2D eigenvalue weighted by Gasteiger charge is -2.13. The third-order valence-corrected chi connectivity index (χ3v) is 6.25. The van der Waals surface area contributed by atoms with Crippen molar-refractivity contribution < 1.29 is 4.79 Å². The van der Waals surface area contributed by atoms with Crippen molar-refractivity contribution in [3.05, 3.63) is 90.5 Å². The van der Waals surface area contributed by atoms with Crippen molar-refractivity contribution in [3.63, 3.8) is 0 Å². The van der Waals surface area contributed by atoms with Crippen molar-refractivity contribution in [2.45, 2.75) is 12.1 Å². The Bertz CT molecular complexity index is 1450. The summed E-state index contributed by atoms with van der Waals surface area (Å²) in [4.78, 5) is 16.3. The Kier molecular flexibility index (Phi) is 5.62. The van der Waals surface area contributed by atoms with Gasteiger partial charge in [-0.15, -0.1) is 10.2 Å². The van der Waals surface area contributed by atoms with Crippen LogP contribution in [-0.2, 0) is 4.79 Å². The second-order valence-corrected chi connectivity index (χ2v) is 8.61. The monoisotopic (exact) mass is 451 g/mol. The largest absolute Gasteiger partial charge is 0.369 e. The van der Waals surface area contributed by atoms with E-state index in [1.807, 2.05) is 59.2 Å². The molecule has 0 spiro atoms. The molecule has 2 aromatic heterocycles. The lowest BCUT2D eigenvalue weighted by Crippen LogP contribution is -2.13. The van der Waals surface area contributed by atoms with E-state index in [9.17, 15) is 4.79 Å². The summed E-state index contributed by atoms with van der Waals surface area (Å²) in [7, 11) is 0. The summed E-state index contributed by atoms with van der Waals surface area (Å²) < 4.78 is 1.97. The molecule has 0 aliphatic heterocycles. The predicted molar refractivity (Wildman–Crippen MR) is 132 cm³/mol. The Morgan fingerprint density at radius 3 is 2.42 bits per heavy atom. The molecule has 6 nitrogen and oxygen atoms in total. The lowest BCUT2D eigenvalue weighted by atomic mass is 10.0. The van der Waals surface area contributed by atoms with Gasteiger partial charge in [0.25, 0.3) is 0 Å². The minimum absolute atomic E-state index is 0.122. The van der Waals surface area contributed by atoms with Crippen LogP contribution in [0.1, 0.15) is 5.56 Å². The van der Waals surface area contributed by atoms with E-state index in [2.05, 4.69) is 47.5 Å². The topological polar surface area (TPSA) is 86.7 Å². The zero-order valence-electron chi connectivity index (χ0n) is 18.0. The summed E-state index contributed by atoms with van der Waals surface area (Å²) in [6.45, 7) is 2.07. The number of thioether (sulfide) groups is 1. The number of carbonyl (C=O) groups excluding carboxylic acids is 1. The molecule has 2 heterocycles. The van der Waals surface area contributed by atoms with Gasteiger partial charge in [-0.25, -0.2) is 4.98 Å². The smallest absolute Gasteiger partial charge is 0.227 e. The Morgan fingerprint density at radius 2 is 1.67 bits per heavy atom. The molecule has 0 bridgehead atoms. The van der Waals surface area contributed by atoms with E-state index in [-0.39, 0.29) is 5.75 Å². The SMILES string of the molecule is Cc1ccc(-c2cc(-c3nnc(SCC(N)=O)n3-c3ccccc3)c3ccccc3n2)cc1. The van der Waals surface area contributed by atoms with Crippen LogP contribution in [-0.4, -0.2) is 31.4 Å². The van der Waals surface area contributed by atoms with Crippen LogP contribution in [0.3, 0.4) is 0 Å². The van der Waals surface area contributed by atoms with Crippen LogP contribution < -0.4 is 5.73 Å². The number of carbonyl (C=O) groups is 1. The second-order valence-electron chi connectivity index (χ2n) is 7.67. The van der Waals surface area contributed by atoms with Gasteiger partial charge < -0.3 is 5.73 Å². The van der Waals surface area contributed by atoms with E-state index in [0.29, 0.717) is 11.0 Å². The van der Waals surface area contributed by atoms with Crippen molar-refractivity contribution in [2.24, 2.45) is 5.73 Å². The maximum Gasteiger partial charge on any atom is 0.227 e. The molecule has 0 atom stereocenters. The van der Waals surface area contributed by atoms with Crippen LogP contribution in [0, 0.1) is 6.92 Å². The second kappa shape index (κ2) is 8.88. The number of hydrogen-bond acceptors (Lipinski definition) is 5. The van der Waals surface area contributed by atoms with Gasteiger partial charge in [-0.1, -0.05) is 78.0 Å². The molecule has 5 aromatic rings. The molecule has 5 rings (SSSR count). The van der Waals surface area contributed by atoms with Gasteiger partial charge in [0, 0.05) is 22.2 Å². The molecular formula is C26H21N5OS. The maximum absolute atomic E-state index is 11.4. The van der Waals surface area contributed by atoms with Gasteiger partial charge in [0.1, 0.15) is 0 Å². The highest BCUT2D eigenvalue weighted by Gasteiger charge is 2.20. The highest BCUT2D eigenvalue weighted by Crippen LogP contribution is 2.34. The zero-order valence-corrected chi connectivity index (χ0v) is 18.8. The van der Waals surface area contributed by atoms with Crippen LogP contribution >= 0.6 is 11.8 Å². The standard InChI is InChI=1S/C26H21N5OS/c1-17-11-13-18(14-12-17)23-15-21(20-9-5-6-10-22(20)28-23)25-29-30-26(33-16-24(27)32)31(25)19-7-3-2-4-8-19/h2-15H,16H2,1H3,(H2,27,32). The zero-order chi connectivity index (χ0) is 22.8. The minimum Gasteiger partial charge on any atom is -0.369 e. The number of fused-ring (bicyclic) bond motifs is 1. The summed E-state index contributed by atoms with van der Waals surface area (Å²) in [5.41, 5.74) is 11.2. The number of primary amides is 1. The summed E-state index contributed by atoms with van der Waals surface area (Å²) in [6.07, 6.45) is 0. The van der Waals surface area contributed by atoms with E-state index >= 15 is 0 Å². The molecule has 1 amide bonds. The summed E-state index contributed by atoms with van der Waals surface area (Å²) in [6, 6.07) is 28.2. The van der Waals surface area contributed by atoms with Gasteiger partial charge >= 0.3 is 0 Å². The number of amides is 1. The third-order valence-electron chi connectivity index (χ3n) is 5.30. The van der Waals surface area contributed by atoms with E-state index < -0.39 is 5.91 Å². The van der Waals surface area contributed by atoms with Gasteiger partial charge in [-0.05, 0) is 31.2 Å². The fraction of sp³-hybridized carbons (Fsp3) is 0.0769. The molecule has 0 fully saturated rings. The first-order valence-electron chi connectivity index (χ1n) is 10.5. The third kappa shape index (κ3) is 4.23. The molecule has 0 aliphatic rings. The molecule has 0 saturated heterocycles. The van der Waals surface area contributed by atoms with E-state index in [1.54, 1.807) is 0 Å². The van der Waals surface area contributed by atoms with Crippen molar-refractivity contribution in [2.75, 3.05) is 5.75 Å². The molecule has 7 heteroatoms. The molecule has 3 aromatic carbocycles. The molecule has 33 heavy (non-hydrogen) atoms. The van der Waals surface area contributed by atoms with Gasteiger partial charge in [0.2, 0.25) is 5.91 Å². The fourth-order valence-electron chi connectivity index (χ4n) is 3.72. The van der Waals surface area contributed by atoms with Crippen LogP contribution in [0.25, 0.3) is 39.2 Å². The molecule has 162 valence electrons. The van der Waals surface area contributed by atoms with Crippen molar-refractivity contribution in [1.82, 2.24) is 19.7 Å². The molecular weight excluding hydrogens is 430 g/mol. The number of rotatable bonds is 6. The van der Waals surface area contributed by atoms with Crippen LogP contribution in [0.5, 0.6) is 0 Å². The van der Waals surface area contributed by atoms with E-state index in [4.69, 9.17) is 10.7 Å². The number of para-hydroxylation sites is 2. The lowest BCUT2D eigenvalue weighted by molar-refractivity contribution is -0.115. The Labute approximate surface area is 195 Å². The fourth-order valence-corrected chi connectivity index (χ4v) is 4.41. The summed E-state index contributed by atoms with van der Waals surface area (Å²) in [5.74, 6) is 0.400. The number of nitrogens with two attached hydrogens (primary N) is 1. The number of aromatic nitrogens is 4. The van der Waals surface area contributed by atoms with Crippen molar-refractivity contribution in [1.29, 1.82) is 0 Å². The van der Waals surface area contributed by atoms with Crippen molar-refractivity contribution in [3.8, 4) is 28.3 Å². The Balaban J connectivity index is 1.75. The Hall–Kier alpha value is -3.97. The van der Waals surface area contributed by atoms with Crippen LogP contribution in [0.2, 0.25) is 0 Å². The number of aryl methyl sites for hydroxylation is 1. The highest BCUT2D eigenvalue weighted by atomic mass is 32.2. The number of pyridine rings is 1. The average molecular weight is 452 g/mol. The number of benzene rings is 3. The maximum atomic E-state index is 11.4. The average Bonchev–Trinajstić information content (AvgIpc) is 3.27. The first kappa shape index (κ1) is 20.9. The first-order valence-corrected chi connectivity index (χ1v) is 11.5. The minimum atomic E-state index is -0.403. The van der Waals surface area contributed by atoms with E-state index in [0.717, 1.165) is 33.4 Å². The van der Waals surface area contributed by atoms with Gasteiger partial charge in [-0.3, -0.25) is 9.36 Å². The van der Waals surface area contributed by atoms with Crippen molar-refractivity contribution >= 4 is 28.6 Å².